The topological polar surface area (TPSA) is 65.3 Å². The van der Waals surface area contributed by atoms with Crippen molar-refractivity contribution in [2.75, 3.05) is 13.1 Å². The molecule has 0 radical (unpaired) electrons. The zero-order chi connectivity index (χ0) is 12.7. The molecule has 1 aliphatic heterocycles. The van der Waals surface area contributed by atoms with Crippen LogP contribution >= 0.6 is 36.4 Å². The van der Waals surface area contributed by atoms with Crippen LogP contribution in [0.2, 0.25) is 5.02 Å². The molecule has 7 heteroatoms. The Morgan fingerprint density at radius 3 is 2.60 bits per heavy atom. The Morgan fingerprint density at radius 1 is 1.30 bits per heavy atom. The fourth-order valence-electron chi connectivity index (χ4n) is 2.52. The third-order valence-corrected chi connectivity index (χ3v) is 3.94. The normalized spacial score (nSPS) is 22.6. The number of H-pyrrole nitrogens is 1. The Kier molecular flexibility index (Phi) is 6.13. The molecule has 112 valence electrons. The van der Waals surface area contributed by atoms with Crippen molar-refractivity contribution in [3.63, 3.8) is 0 Å². The van der Waals surface area contributed by atoms with Crippen LogP contribution in [0.15, 0.2) is 24.3 Å². The van der Waals surface area contributed by atoms with Crippen LogP contribution in [-0.4, -0.2) is 40.2 Å². The Balaban J connectivity index is 0.000001000. The van der Waals surface area contributed by atoms with Crippen molar-refractivity contribution < 1.29 is 5.11 Å². The average molecular weight is 339 g/mol. The minimum atomic E-state index is -0.437. The fourth-order valence-corrected chi connectivity index (χ4v) is 2.79. The Bertz CT molecular complexity index is 565. The van der Waals surface area contributed by atoms with E-state index in [1.165, 1.54) is 0 Å². The second-order valence-electron chi connectivity index (χ2n) is 4.89. The number of para-hydroxylation sites is 1. The number of β-amino-alcohol motifs (C(OH)–C–C–N with tert-alkyl or cyclic N) is 1. The Labute approximate surface area is 135 Å². The van der Waals surface area contributed by atoms with Gasteiger partial charge in [0.2, 0.25) is 0 Å². The number of aromatic amines is 1. The summed E-state index contributed by atoms with van der Waals surface area (Å²) in [6, 6.07) is 7.81. The zero-order valence-corrected chi connectivity index (χ0v) is 13.1. The molecule has 2 aromatic rings. The summed E-state index contributed by atoms with van der Waals surface area (Å²) in [5.74, 6) is 0. The molecule has 1 aliphatic rings. The molecule has 20 heavy (non-hydrogen) atoms. The summed E-state index contributed by atoms with van der Waals surface area (Å²) in [5, 5.41) is 11.4. The van der Waals surface area contributed by atoms with E-state index in [2.05, 4.69) is 9.88 Å². The van der Waals surface area contributed by atoms with Crippen molar-refractivity contribution in [2.24, 2.45) is 5.73 Å². The number of fused-ring (bicyclic) bond motifs is 1. The first kappa shape index (κ1) is 17.6. The number of nitrogens with zero attached hydrogens (tertiary/aromatic N) is 1. The molecule has 4 nitrogen and oxygen atoms in total. The molecule has 2 atom stereocenters. The van der Waals surface area contributed by atoms with E-state index in [0.29, 0.717) is 19.6 Å². The second-order valence-corrected chi connectivity index (χ2v) is 5.27. The maximum atomic E-state index is 9.65. The van der Waals surface area contributed by atoms with Gasteiger partial charge in [0.25, 0.3) is 0 Å². The predicted molar refractivity (Wildman–Crippen MR) is 87.1 cm³/mol. The van der Waals surface area contributed by atoms with E-state index >= 15 is 0 Å². The van der Waals surface area contributed by atoms with Gasteiger partial charge >= 0.3 is 0 Å². The molecule has 0 saturated carbocycles. The van der Waals surface area contributed by atoms with E-state index in [1.54, 1.807) is 0 Å². The highest BCUT2D eigenvalue weighted by Crippen LogP contribution is 2.28. The fraction of sp³-hybridized carbons (Fsp3) is 0.385. The van der Waals surface area contributed by atoms with Gasteiger partial charge in [-0.05, 0) is 6.07 Å². The number of aliphatic hydroxyl groups excluding tert-OH is 1. The third-order valence-electron chi connectivity index (χ3n) is 3.50. The van der Waals surface area contributed by atoms with E-state index < -0.39 is 6.10 Å². The van der Waals surface area contributed by atoms with Crippen molar-refractivity contribution in [2.45, 2.75) is 18.7 Å². The Morgan fingerprint density at radius 2 is 2.00 bits per heavy atom. The van der Waals surface area contributed by atoms with Gasteiger partial charge in [0.15, 0.2) is 0 Å². The predicted octanol–water partition coefficient (Wildman–Crippen LogP) is 2.17. The van der Waals surface area contributed by atoms with Crippen molar-refractivity contribution in [3.05, 3.63) is 35.0 Å². The van der Waals surface area contributed by atoms with Crippen molar-refractivity contribution in [1.29, 1.82) is 0 Å². The summed E-state index contributed by atoms with van der Waals surface area (Å²) in [5.41, 5.74) is 7.83. The number of aromatic nitrogens is 1. The lowest BCUT2D eigenvalue weighted by molar-refractivity contribution is 0.164. The molecule has 1 aromatic carbocycles. The first-order valence-corrected chi connectivity index (χ1v) is 6.44. The lowest BCUT2D eigenvalue weighted by Gasteiger charge is -2.13. The van der Waals surface area contributed by atoms with Gasteiger partial charge in [0, 0.05) is 42.3 Å². The molecule has 0 unspecified atom stereocenters. The molecule has 1 saturated heterocycles. The van der Waals surface area contributed by atoms with Gasteiger partial charge < -0.3 is 15.8 Å². The van der Waals surface area contributed by atoms with Gasteiger partial charge in [-0.25, -0.2) is 0 Å². The number of nitrogens with two attached hydrogens (primary N) is 1. The van der Waals surface area contributed by atoms with Crippen molar-refractivity contribution in [3.8, 4) is 0 Å². The molecule has 0 spiro atoms. The number of nitrogens with one attached hydrogen (secondary N) is 1. The highest BCUT2D eigenvalue weighted by atomic mass is 35.5. The first-order chi connectivity index (χ1) is 8.65. The highest BCUT2D eigenvalue weighted by Gasteiger charge is 2.28. The molecule has 0 amide bonds. The maximum absolute atomic E-state index is 9.65. The van der Waals surface area contributed by atoms with Gasteiger partial charge in [0.05, 0.1) is 11.1 Å². The van der Waals surface area contributed by atoms with Gasteiger partial charge in [-0.3, -0.25) is 4.90 Å². The zero-order valence-electron chi connectivity index (χ0n) is 10.8. The summed E-state index contributed by atoms with van der Waals surface area (Å²) in [4.78, 5) is 5.44. The van der Waals surface area contributed by atoms with Crippen LogP contribution < -0.4 is 5.73 Å². The number of rotatable bonds is 2. The van der Waals surface area contributed by atoms with Gasteiger partial charge in [0.1, 0.15) is 0 Å². The van der Waals surface area contributed by atoms with E-state index in [0.717, 1.165) is 21.6 Å². The maximum Gasteiger partial charge on any atom is 0.0830 e. The molecule has 2 heterocycles. The summed E-state index contributed by atoms with van der Waals surface area (Å²) in [6.45, 7) is 2.00. The first-order valence-electron chi connectivity index (χ1n) is 6.06. The SMILES string of the molecule is Cl.Cl.N[C@@H]1CN(Cc2[nH]c3ccccc3c2Cl)C[C@H]1O. The van der Waals surface area contributed by atoms with Crippen LogP contribution in [0.4, 0.5) is 0 Å². The van der Waals surface area contributed by atoms with E-state index in [9.17, 15) is 5.11 Å². The third kappa shape index (κ3) is 3.22. The van der Waals surface area contributed by atoms with Crippen molar-refractivity contribution in [1.82, 2.24) is 9.88 Å². The number of benzene rings is 1. The largest absolute Gasteiger partial charge is 0.390 e. The van der Waals surface area contributed by atoms with Crippen LogP contribution in [-0.2, 0) is 6.54 Å². The quantitative estimate of drug-likeness (QED) is 0.786. The average Bonchev–Trinajstić information content (AvgIpc) is 2.83. The summed E-state index contributed by atoms with van der Waals surface area (Å²) < 4.78 is 0. The van der Waals surface area contributed by atoms with Crippen LogP contribution in [0.5, 0.6) is 0 Å². The number of hydrogen-bond acceptors (Lipinski definition) is 3. The van der Waals surface area contributed by atoms with Crippen molar-refractivity contribution >= 4 is 47.3 Å². The number of hydrogen-bond donors (Lipinski definition) is 3. The number of aliphatic hydroxyl groups is 1. The summed E-state index contributed by atoms with van der Waals surface area (Å²) >= 11 is 6.36. The molecular weight excluding hydrogens is 321 g/mol. The molecule has 0 bridgehead atoms. The van der Waals surface area contributed by atoms with Crippen LogP contribution in [0, 0.1) is 0 Å². The Hall–Kier alpha value is -0.490. The molecule has 0 aliphatic carbocycles. The van der Waals surface area contributed by atoms with E-state index in [4.69, 9.17) is 17.3 Å². The van der Waals surface area contributed by atoms with Gasteiger partial charge in [-0.1, -0.05) is 29.8 Å². The van der Waals surface area contributed by atoms with Gasteiger partial charge in [-0.15, -0.1) is 24.8 Å². The van der Waals surface area contributed by atoms with Crippen LogP contribution in [0.25, 0.3) is 10.9 Å². The second kappa shape index (κ2) is 6.98. The van der Waals surface area contributed by atoms with E-state index in [-0.39, 0.29) is 30.9 Å². The minimum Gasteiger partial charge on any atom is -0.390 e. The smallest absolute Gasteiger partial charge is 0.0830 e. The molecule has 4 N–H and O–H groups in total. The molecule has 1 aromatic heterocycles. The lowest BCUT2D eigenvalue weighted by atomic mass is 10.2. The summed E-state index contributed by atoms with van der Waals surface area (Å²) in [7, 11) is 0. The van der Waals surface area contributed by atoms with Gasteiger partial charge in [-0.2, -0.15) is 0 Å². The number of halogens is 3. The van der Waals surface area contributed by atoms with Crippen LogP contribution in [0.3, 0.4) is 0 Å². The lowest BCUT2D eigenvalue weighted by Crippen LogP contribution is -2.32. The standard InChI is InChI=1S/C13H16ClN3O.2ClH/c14-13-8-3-1-2-4-10(8)16-11(13)6-17-5-9(15)12(18)7-17;;/h1-4,9,12,16,18H,5-7,15H2;2*1H/t9-,12-;;/m1../s1. The minimum absolute atomic E-state index is 0. The molecule has 3 rings (SSSR count). The highest BCUT2D eigenvalue weighted by molar-refractivity contribution is 6.36. The number of likely N-dealkylation sites (tertiary alicyclic amines) is 1. The monoisotopic (exact) mass is 337 g/mol. The van der Waals surface area contributed by atoms with Crippen LogP contribution in [0.1, 0.15) is 5.69 Å². The van der Waals surface area contributed by atoms with E-state index in [1.807, 2.05) is 24.3 Å². The molecule has 1 fully saturated rings. The molecular formula is C13H18Cl3N3O. The summed E-state index contributed by atoms with van der Waals surface area (Å²) in [6.07, 6.45) is -0.437.